The van der Waals surface area contributed by atoms with Crippen LogP contribution in [0.15, 0.2) is 27.8 Å². The van der Waals surface area contributed by atoms with Gasteiger partial charge in [0.05, 0.1) is 12.8 Å². The van der Waals surface area contributed by atoms with Crippen LogP contribution in [0.5, 0.6) is 0 Å². The van der Waals surface area contributed by atoms with Crippen molar-refractivity contribution in [2.75, 3.05) is 20.1 Å². The maximum Gasteiger partial charge on any atom is 0.287 e. The molecule has 0 radical (unpaired) electrons. The molecule has 7 heteroatoms. The molecule has 6 nitrogen and oxygen atoms in total. The lowest BCUT2D eigenvalue weighted by atomic mass is 10.4. The highest BCUT2D eigenvalue weighted by Gasteiger charge is 2.27. The highest BCUT2D eigenvalue weighted by molar-refractivity contribution is 14.0. The van der Waals surface area contributed by atoms with Gasteiger partial charge in [0.25, 0.3) is 5.91 Å². The lowest BCUT2D eigenvalue weighted by Gasteiger charge is -2.16. The number of nitrogens with one attached hydrogen (secondary N) is 1. The summed E-state index contributed by atoms with van der Waals surface area (Å²) in [4.78, 5) is 17.7. The van der Waals surface area contributed by atoms with Crippen LogP contribution in [0.3, 0.4) is 0 Å². The number of nitrogens with zero attached hydrogens (tertiary/aromatic N) is 2. The molecule has 1 saturated carbocycles. The first kappa shape index (κ1) is 15.8. The number of furan rings is 1. The standard InChI is InChI=1S/C12H18N4O2.HI/c1-16(9-4-5-9)12(13)15-7-6-14-11(17)10-3-2-8-18-10;/h2-3,8-9H,4-7H2,1H3,(H2,13,15)(H,14,17);1H. The van der Waals surface area contributed by atoms with E-state index in [4.69, 9.17) is 10.2 Å². The largest absolute Gasteiger partial charge is 0.459 e. The van der Waals surface area contributed by atoms with Gasteiger partial charge in [-0.3, -0.25) is 9.79 Å². The Kier molecular flexibility index (Phi) is 6.13. The number of rotatable bonds is 5. The minimum absolute atomic E-state index is 0. The van der Waals surface area contributed by atoms with Crippen molar-refractivity contribution in [2.45, 2.75) is 18.9 Å². The third-order valence-electron chi connectivity index (χ3n) is 2.87. The summed E-state index contributed by atoms with van der Waals surface area (Å²) in [7, 11) is 1.94. The molecule has 0 unspecified atom stereocenters. The van der Waals surface area contributed by atoms with E-state index < -0.39 is 0 Å². The Balaban J connectivity index is 0.00000180. The SMILES string of the molecule is CN(C(N)=NCCNC(=O)c1ccco1)C1CC1.I. The first-order valence-corrected chi connectivity index (χ1v) is 6.03. The van der Waals surface area contributed by atoms with Crippen LogP contribution in [0.1, 0.15) is 23.4 Å². The average Bonchev–Trinajstić information content (AvgIpc) is 3.07. The molecule has 1 amide bonds. The van der Waals surface area contributed by atoms with Crippen molar-refractivity contribution < 1.29 is 9.21 Å². The maximum atomic E-state index is 11.5. The molecule has 1 fully saturated rings. The zero-order valence-electron chi connectivity index (χ0n) is 10.8. The average molecular weight is 378 g/mol. The summed E-state index contributed by atoms with van der Waals surface area (Å²) in [6, 6.07) is 3.84. The number of guanidine groups is 1. The number of carbonyl (C=O) groups excluding carboxylic acids is 1. The quantitative estimate of drug-likeness (QED) is 0.347. The number of nitrogens with two attached hydrogens (primary N) is 1. The molecule has 0 atom stereocenters. The summed E-state index contributed by atoms with van der Waals surface area (Å²) in [6.07, 6.45) is 3.83. The molecule has 3 N–H and O–H groups in total. The Morgan fingerprint density at radius 2 is 2.37 bits per heavy atom. The highest BCUT2D eigenvalue weighted by Crippen LogP contribution is 2.24. The van der Waals surface area contributed by atoms with Gasteiger partial charge in [-0.1, -0.05) is 0 Å². The summed E-state index contributed by atoms with van der Waals surface area (Å²) in [5.41, 5.74) is 5.81. The lowest BCUT2D eigenvalue weighted by Crippen LogP contribution is -2.36. The Morgan fingerprint density at radius 1 is 1.63 bits per heavy atom. The van der Waals surface area contributed by atoms with Gasteiger partial charge in [0.15, 0.2) is 11.7 Å². The molecule has 0 aliphatic heterocycles. The Hall–Kier alpha value is -1.25. The normalized spacial score (nSPS) is 14.7. The van der Waals surface area contributed by atoms with Gasteiger partial charge in [-0.05, 0) is 25.0 Å². The second-order valence-electron chi connectivity index (χ2n) is 4.32. The van der Waals surface area contributed by atoms with E-state index >= 15 is 0 Å². The lowest BCUT2D eigenvalue weighted by molar-refractivity contribution is 0.0927. The molecule has 1 aromatic rings. The topological polar surface area (TPSA) is 83.9 Å². The predicted octanol–water partition coefficient (Wildman–Crippen LogP) is 1.04. The van der Waals surface area contributed by atoms with E-state index in [1.165, 1.54) is 19.1 Å². The van der Waals surface area contributed by atoms with Crippen LogP contribution in [0.2, 0.25) is 0 Å². The molecule has 1 aliphatic carbocycles. The van der Waals surface area contributed by atoms with Gasteiger partial charge in [-0.15, -0.1) is 24.0 Å². The van der Waals surface area contributed by atoms with Crippen molar-refractivity contribution in [1.82, 2.24) is 10.2 Å². The van der Waals surface area contributed by atoms with Crippen LogP contribution in [0, 0.1) is 0 Å². The molecule has 0 saturated heterocycles. The van der Waals surface area contributed by atoms with Gasteiger partial charge in [-0.2, -0.15) is 0 Å². The van der Waals surface area contributed by atoms with Crippen molar-refractivity contribution in [3.8, 4) is 0 Å². The van der Waals surface area contributed by atoms with Gasteiger partial charge in [-0.25, -0.2) is 0 Å². The zero-order valence-corrected chi connectivity index (χ0v) is 13.2. The van der Waals surface area contributed by atoms with Crippen molar-refractivity contribution in [1.29, 1.82) is 0 Å². The van der Waals surface area contributed by atoms with E-state index in [1.807, 2.05) is 11.9 Å². The van der Waals surface area contributed by atoms with Crippen LogP contribution >= 0.6 is 24.0 Å². The number of hydrogen-bond donors (Lipinski definition) is 2. The summed E-state index contributed by atoms with van der Waals surface area (Å²) in [6.45, 7) is 0.911. The summed E-state index contributed by atoms with van der Waals surface area (Å²) in [5.74, 6) is 0.608. The van der Waals surface area contributed by atoms with Crippen molar-refractivity contribution >= 4 is 35.8 Å². The van der Waals surface area contributed by atoms with Gasteiger partial charge in [0, 0.05) is 19.6 Å². The summed E-state index contributed by atoms with van der Waals surface area (Å²) >= 11 is 0. The van der Waals surface area contributed by atoms with Crippen LogP contribution < -0.4 is 11.1 Å². The number of amides is 1. The van der Waals surface area contributed by atoms with Crippen molar-refractivity contribution in [3.63, 3.8) is 0 Å². The maximum absolute atomic E-state index is 11.5. The minimum atomic E-state index is -0.232. The minimum Gasteiger partial charge on any atom is -0.459 e. The molecular weight excluding hydrogens is 359 g/mol. The predicted molar refractivity (Wildman–Crippen MR) is 83.7 cm³/mol. The number of carbonyl (C=O) groups is 1. The Bertz CT molecular complexity index is 429. The zero-order chi connectivity index (χ0) is 13.0. The number of hydrogen-bond acceptors (Lipinski definition) is 3. The van der Waals surface area contributed by atoms with Gasteiger partial charge < -0.3 is 20.4 Å². The molecule has 19 heavy (non-hydrogen) atoms. The van der Waals surface area contributed by atoms with E-state index in [0.29, 0.717) is 30.9 Å². The molecule has 2 rings (SSSR count). The Labute approximate surface area is 129 Å². The van der Waals surface area contributed by atoms with Crippen LogP contribution in [-0.4, -0.2) is 42.9 Å². The summed E-state index contributed by atoms with van der Waals surface area (Å²) < 4.78 is 4.97. The molecule has 0 aromatic carbocycles. The fourth-order valence-corrected chi connectivity index (χ4v) is 1.60. The number of aliphatic imine (C=N–C) groups is 1. The van der Waals surface area contributed by atoms with Crippen molar-refractivity contribution in [3.05, 3.63) is 24.2 Å². The van der Waals surface area contributed by atoms with E-state index in [-0.39, 0.29) is 29.9 Å². The molecule has 106 valence electrons. The van der Waals surface area contributed by atoms with E-state index in [9.17, 15) is 4.79 Å². The molecule has 1 aromatic heterocycles. The fourth-order valence-electron chi connectivity index (χ4n) is 1.60. The third kappa shape index (κ3) is 4.73. The van der Waals surface area contributed by atoms with Crippen LogP contribution in [0.25, 0.3) is 0 Å². The van der Waals surface area contributed by atoms with E-state index in [1.54, 1.807) is 12.1 Å². The second-order valence-corrected chi connectivity index (χ2v) is 4.32. The molecule has 1 heterocycles. The monoisotopic (exact) mass is 378 g/mol. The smallest absolute Gasteiger partial charge is 0.287 e. The molecular formula is C12H19IN4O2. The molecule has 0 spiro atoms. The Morgan fingerprint density at radius 3 is 2.95 bits per heavy atom. The van der Waals surface area contributed by atoms with E-state index in [2.05, 4.69) is 10.3 Å². The van der Waals surface area contributed by atoms with Gasteiger partial charge >= 0.3 is 0 Å². The highest BCUT2D eigenvalue weighted by atomic mass is 127. The molecule has 0 bridgehead atoms. The third-order valence-corrected chi connectivity index (χ3v) is 2.87. The molecule has 1 aliphatic rings. The number of halogens is 1. The van der Waals surface area contributed by atoms with Crippen molar-refractivity contribution in [2.24, 2.45) is 10.7 Å². The second kappa shape index (κ2) is 7.37. The van der Waals surface area contributed by atoms with Crippen LogP contribution in [0.4, 0.5) is 0 Å². The fraction of sp³-hybridized carbons (Fsp3) is 0.500. The van der Waals surface area contributed by atoms with E-state index in [0.717, 1.165) is 0 Å². The first-order chi connectivity index (χ1) is 8.68. The van der Waals surface area contributed by atoms with Gasteiger partial charge in [0.1, 0.15) is 0 Å². The van der Waals surface area contributed by atoms with Crippen LogP contribution in [-0.2, 0) is 0 Å². The first-order valence-electron chi connectivity index (χ1n) is 6.03. The summed E-state index contributed by atoms with van der Waals surface area (Å²) in [5, 5.41) is 2.71. The van der Waals surface area contributed by atoms with Gasteiger partial charge in [0.2, 0.25) is 0 Å².